The average Bonchev–Trinajstić information content (AvgIpc) is 2.13. The lowest BCUT2D eigenvalue weighted by atomic mass is 10.2. The van der Waals surface area contributed by atoms with E-state index in [1.807, 2.05) is 67.8 Å². The van der Waals surface area contributed by atoms with E-state index in [1.165, 1.54) is 0 Å². The Kier molecular flexibility index (Phi) is 4.32. The Hall–Kier alpha value is 0.970. The van der Waals surface area contributed by atoms with Crippen molar-refractivity contribution >= 4 is 67.8 Å². The molecule has 72 valence electrons. The maximum Gasteiger partial charge on any atom is 0.146 e. The third-order valence-corrected chi connectivity index (χ3v) is 4.87. The molecule has 13 heavy (non-hydrogen) atoms. The maximum atomic E-state index is 9.53. The van der Waals surface area contributed by atoms with Crippen molar-refractivity contribution in [1.82, 2.24) is 0 Å². The van der Waals surface area contributed by atoms with E-state index >= 15 is 0 Å². The van der Waals surface area contributed by atoms with Gasteiger partial charge in [-0.1, -0.05) is 0 Å². The van der Waals surface area contributed by atoms with Crippen LogP contribution in [0.3, 0.4) is 0 Å². The van der Waals surface area contributed by atoms with Crippen LogP contribution in [0.5, 0.6) is 11.5 Å². The molecule has 1 rings (SSSR count). The molecule has 0 bridgehead atoms. The molecule has 0 saturated heterocycles. The van der Waals surface area contributed by atoms with Gasteiger partial charge in [0, 0.05) is 5.56 Å². The summed E-state index contributed by atoms with van der Waals surface area (Å²) in [5.74, 6) is 0.0614. The first-order valence-corrected chi connectivity index (χ1v) is 6.42. The standard InChI is InChI=1S/C7H5I3O3/c8-3-2(1-11)4(9)7(13)5(10)6(3)12/h11-13H,1H2. The largest absolute Gasteiger partial charge is 0.506 e. The Labute approximate surface area is 116 Å². The summed E-state index contributed by atoms with van der Waals surface area (Å²) in [7, 11) is 0. The van der Waals surface area contributed by atoms with Crippen LogP contribution in [0.25, 0.3) is 0 Å². The molecule has 0 unspecified atom stereocenters. The zero-order valence-electron chi connectivity index (χ0n) is 6.18. The quantitative estimate of drug-likeness (QED) is 0.502. The predicted molar refractivity (Wildman–Crippen MR) is 73.8 cm³/mol. The van der Waals surface area contributed by atoms with Gasteiger partial charge in [-0.3, -0.25) is 0 Å². The zero-order chi connectivity index (χ0) is 10.2. The van der Waals surface area contributed by atoms with Gasteiger partial charge in [0.05, 0.1) is 17.3 Å². The smallest absolute Gasteiger partial charge is 0.146 e. The number of hydrogen-bond donors (Lipinski definition) is 3. The van der Waals surface area contributed by atoms with Crippen LogP contribution in [-0.2, 0) is 6.61 Å². The van der Waals surface area contributed by atoms with Crippen LogP contribution in [0.4, 0.5) is 0 Å². The molecule has 0 aliphatic carbocycles. The first-order chi connectivity index (χ1) is 6.00. The van der Waals surface area contributed by atoms with Crippen molar-refractivity contribution in [2.45, 2.75) is 6.61 Å². The van der Waals surface area contributed by atoms with E-state index in [4.69, 9.17) is 5.11 Å². The lowest BCUT2D eigenvalue weighted by Crippen LogP contribution is -1.96. The maximum absolute atomic E-state index is 9.53. The molecule has 0 saturated carbocycles. The highest BCUT2D eigenvalue weighted by Crippen LogP contribution is 2.39. The van der Waals surface area contributed by atoms with Crippen LogP contribution < -0.4 is 0 Å². The number of phenols is 2. The molecule has 0 aliphatic heterocycles. The SMILES string of the molecule is OCc1c(I)c(O)c(I)c(O)c1I. The van der Waals surface area contributed by atoms with Crippen molar-refractivity contribution in [2.24, 2.45) is 0 Å². The number of benzene rings is 1. The van der Waals surface area contributed by atoms with Crippen LogP contribution in [0.15, 0.2) is 0 Å². The van der Waals surface area contributed by atoms with Gasteiger partial charge in [0.15, 0.2) is 0 Å². The molecule has 0 radical (unpaired) electrons. The summed E-state index contributed by atoms with van der Waals surface area (Å²) in [6.45, 7) is -0.186. The molecule has 0 amide bonds. The van der Waals surface area contributed by atoms with Crippen LogP contribution in [0, 0.1) is 10.7 Å². The van der Waals surface area contributed by atoms with Gasteiger partial charge in [-0.15, -0.1) is 0 Å². The monoisotopic (exact) mass is 518 g/mol. The fraction of sp³-hybridized carbons (Fsp3) is 0.143. The fourth-order valence-corrected chi connectivity index (χ4v) is 4.33. The fourth-order valence-electron chi connectivity index (χ4n) is 0.826. The van der Waals surface area contributed by atoms with Crippen molar-refractivity contribution in [3.8, 4) is 11.5 Å². The number of aliphatic hydroxyl groups excluding tert-OH is 1. The molecular formula is C7H5I3O3. The number of rotatable bonds is 1. The van der Waals surface area contributed by atoms with Crippen LogP contribution >= 0.6 is 67.8 Å². The second-order valence-electron chi connectivity index (χ2n) is 2.28. The van der Waals surface area contributed by atoms with Crippen LogP contribution in [-0.4, -0.2) is 15.3 Å². The first kappa shape index (κ1) is 12.0. The molecule has 1 aromatic rings. The van der Waals surface area contributed by atoms with Crippen molar-refractivity contribution in [3.63, 3.8) is 0 Å². The van der Waals surface area contributed by atoms with Gasteiger partial charge in [0.2, 0.25) is 0 Å². The summed E-state index contributed by atoms with van der Waals surface area (Å²) in [5, 5.41) is 28.1. The van der Waals surface area contributed by atoms with Gasteiger partial charge in [-0.2, -0.15) is 0 Å². The van der Waals surface area contributed by atoms with Crippen LogP contribution in [0.2, 0.25) is 0 Å². The molecule has 0 spiro atoms. The molecule has 3 nitrogen and oxygen atoms in total. The molecule has 1 aromatic carbocycles. The first-order valence-electron chi connectivity index (χ1n) is 3.18. The minimum Gasteiger partial charge on any atom is -0.506 e. The van der Waals surface area contributed by atoms with Gasteiger partial charge in [0.25, 0.3) is 0 Å². The van der Waals surface area contributed by atoms with E-state index in [9.17, 15) is 10.2 Å². The van der Waals surface area contributed by atoms with Crippen LogP contribution in [0.1, 0.15) is 5.56 Å². The van der Waals surface area contributed by atoms with Gasteiger partial charge < -0.3 is 15.3 Å². The van der Waals surface area contributed by atoms with Gasteiger partial charge in [-0.25, -0.2) is 0 Å². The summed E-state index contributed by atoms with van der Waals surface area (Å²) >= 11 is 5.75. The Balaban J connectivity index is 3.56. The Morgan fingerprint density at radius 2 is 1.23 bits per heavy atom. The van der Waals surface area contributed by atoms with E-state index < -0.39 is 0 Å². The Morgan fingerprint density at radius 3 is 1.54 bits per heavy atom. The van der Waals surface area contributed by atoms with E-state index in [1.54, 1.807) is 0 Å². The molecular weight excluding hydrogens is 513 g/mol. The molecule has 6 heteroatoms. The Morgan fingerprint density at radius 1 is 0.846 bits per heavy atom. The summed E-state index contributed by atoms with van der Waals surface area (Å²) in [5.41, 5.74) is 0.566. The summed E-state index contributed by atoms with van der Waals surface area (Å²) in [6.07, 6.45) is 0. The topological polar surface area (TPSA) is 60.7 Å². The summed E-state index contributed by atoms with van der Waals surface area (Å²) < 4.78 is 1.60. The summed E-state index contributed by atoms with van der Waals surface area (Å²) in [4.78, 5) is 0. The number of aromatic hydroxyl groups is 2. The third kappa shape index (κ3) is 2.15. The number of phenolic OH excluding ortho intramolecular Hbond substituents is 2. The zero-order valence-corrected chi connectivity index (χ0v) is 12.7. The minimum absolute atomic E-state index is 0.0307. The van der Waals surface area contributed by atoms with Crippen molar-refractivity contribution < 1.29 is 15.3 Å². The normalized spacial score (nSPS) is 10.5. The van der Waals surface area contributed by atoms with Crippen molar-refractivity contribution in [1.29, 1.82) is 0 Å². The van der Waals surface area contributed by atoms with Crippen molar-refractivity contribution in [2.75, 3.05) is 0 Å². The average molecular weight is 518 g/mol. The highest BCUT2D eigenvalue weighted by atomic mass is 127. The van der Waals surface area contributed by atoms with Gasteiger partial charge in [-0.05, 0) is 67.8 Å². The molecule has 0 fully saturated rings. The number of hydrogen-bond acceptors (Lipinski definition) is 3. The number of aliphatic hydroxyl groups is 1. The number of halogens is 3. The van der Waals surface area contributed by atoms with E-state index in [0.29, 0.717) is 16.3 Å². The van der Waals surface area contributed by atoms with Crippen molar-refractivity contribution in [3.05, 3.63) is 16.3 Å². The molecule has 0 atom stereocenters. The predicted octanol–water partition coefficient (Wildman–Crippen LogP) is 2.40. The lowest BCUT2D eigenvalue weighted by molar-refractivity contribution is 0.278. The molecule has 0 heterocycles. The molecule has 3 N–H and O–H groups in total. The minimum atomic E-state index is -0.186. The van der Waals surface area contributed by atoms with Gasteiger partial charge in [0.1, 0.15) is 11.5 Å². The van der Waals surface area contributed by atoms with E-state index in [-0.39, 0.29) is 18.1 Å². The highest BCUT2D eigenvalue weighted by molar-refractivity contribution is 14.1. The summed E-state index contributed by atoms with van der Waals surface area (Å²) in [6, 6.07) is 0. The van der Waals surface area contributed by atoms with Gasteiger partial charge >= 0.3 is 0 Å². The molecule has 0 aromatic heterocycles. The Bertz CT molecular complexity index is 322. The van der Waals surface area contributed by atoms with E-state index in [2.05, 4.69) is 0 Å². The highest BCUT2D eigenvalue weighted by Gasteiger charge is 2.18. The van der Waals surface area contributed by atoms with E-state index in [0.717, 1.165) is 0 Å². The second-order valence-corrected chi connectivity index (χ2v) is 5.51. The second kappa shape index (κ2) is 4.66. The third-order valence-electron chi connectivity index (χ3n) is 1.52. The lowest BCUT2D eigenvalue weighted by Gasteiger charge is -2.10. The molecule has 0 aliphatic rings.